The van der Waals surface area contributed by atoms with Gasteiger partial charge in [0.15, 0.2) is 0 Å². The molecule has 2 aromatic carbocycles. The number of nitrogens with two attached hydrogens (primary N) is 1. The van der Waals surface area contributed by atoms with Crippen LogP contribution in [0, 0.1) is 11.3 Å². The summed E-state index contributed by atoms with van der Waals surface area (Å²) in [5.41, 5.74) is 10.5. The Kier molecular flexibility index (Phi) is 4.71. The Hall–Kier alpha value is -4.02. The Morgan fingerprint density at radius 3 is 2.38 bits per heavy atom. The normalized spacial score (nSPS) is 18.5. The number of aryl methyl sites for hydroxylation is 1. The van der Waals surface area contributed by atoms with E-state index in [0.29, 0.717) is 11.7 Å². The molecule has 5 aromatic rings. The molecule has 3 aromatic heterocycles. The minimum atomic E-state index is -0.316. The fraction of sp³-hybridized carbons (Fsp3) is 0.259. The molecule has 1 saturated carbocycles. The molecule has 7 nitrogen and oxygen atoms in total. The smallest absolute Gasteiger partial charge is 0.331 e. The molecule has 0 spiro atoms. The van der Waals surface area contributed by atoms with Crippen LogP contribution in [0.15, 0.2) is 65.7 Å². The SMILES string of the molecule is Cn1cc(-n2c(-c3cn([C@H]4CC[C@@H](N)CC4)c4ccccc34)c(C#N)[nH]c2=O)c2ccccc21. The number of para-hydroxylation sites is 2. The van der Waals surface area contributed by atoms with E-state index in [9.17, 15) is 10.1 Å². The van der Waals surface area contributed by atoms with E-state index in [0.717, 1.165) is 58.7 Å². The molecule has 1 aliphatic carbocycles. The van der Waals surface area contributed by atoms with E-state index in [2.05, 4.69) is 33.9 Å². The highest BCUT2D eigenvalue weighted by atomic mass is 16.1. The van der Waals surface area contributed by atoms with E-state index in [1.165, 1.54) is 0 Å². The molecule has 0 amide bonds. The first kappa shape index (κ1) is 20.6. The number of hydrogen-bond donors (Lipinski definition) is 2. The number of benzene rings is 2. The van der Waals surface area contributed by atoms with E-state index in [1.807, 2.05) is 54.2 Å². The minimum Gasteiger partial charge on any atom is -0.348 e. The molecule has 1 fully saturated rings. The van der Waals surface area contributed by atoms with Crippen LogP contribution in [0.5, 0.6) is 0 Å². The third-order valence-electron chi connectivity index (χ3n) is 7.25. The second-order valence-electron chi connectivity index (χ2n) is 9.28. The summed E-state index contributed by atoms with van der Waals surface area (Å²) in [5.74, 6) is 0. The minimum absolute atomic E-state index is 0.268. The Morgan fingerprint density at radius 2 is 1.65 bits per heavy atom. The predicted octanol–water partition coefficient (Wildman–Crippen LogP) is 4.59. The van der Waals surface area contributed by atoms with Crippen LogP contribution in [0.1, 0.15) is 37.4 Å². The lowest BCUT2D eigenvalue weighted by Gasteiger charge is -2.28. The summed E-state index contributed by atoms with van der Waals surface area (Å²) in [6.45, 7) is 0. The predicted molar refractivity (Wildman–Crippen MR) is 134 cm³/mol. The van der Waals surface area contributed by atoms with E-state index >= 15 is 0 Å². The van der Waals surface area contributed by atoms with Crippen LogP contribution >= 0.6 is 0 Å². The lowest BCUT2D eigenvalue weighted by molar-refractivity contribution is 0.330. The first-order valence-corrected chi connectivity index (χ1v) is 11.7. The summed E-state index contributed by atoms with van der Waals surface area (Å²) in [6.07, 6.45) is 8.12. The molecule has 0 radical (unpaired) electrons. The van der Waals surface area contributed by atoms with Crippen LogP contribution in [0.2, 0.25) is 0 Å². The van der Waals surface area contributed by atoms with Crippen LogP contribution in [-0.2, 0) is 7.05 Å². The van der Waals surface area contributed by atoms with Gasteiger partial charge >= 0.3 is 5.69 Å². The zero-order valence-electron chi connectivity index (χ0n) is 19.0. The second kappa shape index (κ2) is 7.79. The molecule has 0 unspecified atom stereocenters. The number of nitrogens with zero attached hydrogens (tertiary/aromatic N) is 4. The van der Waals surface area contributed by atoms with Crippen LogP contribution in [0.25, 0.3) is 38.8 Å². The van der Waals surface area contributed by atoms with Gasteiger partial charge in [0.05, 0.1) is 11.4 Å². The molecule has 0 bridgehead atoms. The standard InChI is InChI=1S/C27H26N6O/c1-31-16-25(20-7-3-4-8-23(20)31)33-26(22(14-28)30-27(33)34)21-15-32(18-12-10-17(29)11-13-18)24-9-5-2-6-19(21)24/h2-9,15-18H,10-13,29H2,1H3,(H,30,34)/t17-,18+. The van der Waals surface area contributed by atoms with Gasteiger partial charge in [0, 0.05) is 58.9 Å². The number of rotatable bonds is 3. The van der Waals surface area contributed by atoms with Crippen molar-refractivity contribution in [1.82, 2.24) is 18.7 Å². The maximum absolute atomic E-state index is 13.3. The van der Waals surface area contributed by atoms with Gasteiger partial charge in [-0.2, -0.15) is 5.26 Å². The Balaban J connectivity index is 1.63. The van der Waals surface area contributed by atoms with Crippen molar-refractivity contribution in [1.29, 1.82) is 5.26 Å². The van der Waals surface area contributed by atoms with Gasteiger partial charge in [-0.3, -0.25) is 9.55 Å². The average Bonchev–Trinajstić information content (AvgIpc) is 3.50. The maximum Gasteiger partial charge on any atom is 0.331 e. The van der Waals surface area contributed by atoms with Gasteiger partial charge in [0.1, 0.15) is 11.8 Å². The van der Waals surface area contributed by atoms with Crippen LogP contribution < -0.4 is 11.4 Å². The fourth-order valence-electron chi connectivity index (χ4n) is 5.58. The summed E-state index contributed by atoms with van der Waals surface area (Å²) >= 11 is 0. The van der Waals surface area contributed by atoms with Crippen molar-refractivity contribution in [3.63, 3.8) is 0 Å². The van der Waals surface area contributed by atoms with Crippen LogP contribution in [0.4, 0.5) is 0 Å². The Labute approximate surface area is 196 Å². The molecule has 7 heteroatoms. The number of imidazole rings is 1. The first-order valence-electron chi connectivity index (χ1n) is 11.7. The molecular formula is C27H26N6O. The monoisotopic (exact) mass is 450 g/mol. The topological polar surface area (TPSA) is 97.5 Å². The zero-order valence-corrected chi connectivity index (χ0v) is 19.0. The van der Waals surface area contributed by atoms with Gasteiger partial charge in [0.2, 0.25) is 0 Å². The van der Waals surface area contributed by atoms with Crippen molar-refractivity contribution in [2.45, 2.75) is 37.8 Å². The number of aromatic amines is 1. The highest BCUT2D eigenvalue weighted by Gasteiger charge is 2.26. The van der Waals surface area contributed by atoms with E-state index in [4.69, 9.17) is 5.73 Å². The second-order valence-corrected chi connectivity index (χ2v) is 9.28. The van der Waals surface area contributed by atoms with Crippen molar-refractivity contribution >= 4 is 21.8 Å². The molecular weight excluding hydrogens is 424 g/mol. The molecule has 0 aliphatic heterocycles. The van der Waals surface area contributed by atoms with E-state index < -0.39 is 0 Å². The maximum atomic E-state index is 13.3. The van der Waals surface area contributed by atoms with E-state index in [-0.39, 0.29) is 17.4 Å². The third kappa shape index (κ3) is 3.03. The van der Waals surface area contributed by atoms with Gasteiger partial charge < -0.3 is 14.9 Å². The number of hydrogen-bond acceptors (Lipinski definition) is 3. The van der Waals surface area contributed by atoms with Crippen molar-refractivity contribution in [3.8, 4) is 23.0 Å². The first-order chi connectivity index (χ1) is 16.6. The molecule has 0 atom stereocenters. The molecule has 170 valence electrons. The summed E-state index contributed by atoms with van der Waals surface area (Å²) < 4.78 is 5.99. The van der Waals surface area contributed by atoms with Crippen LogP contribution in [0.3, 0.4) is 0 Å². The number of aromatic nitrogens is 4. The zero-order chi connectivity index (χ0) is 23.4. The molecule has 1 aliphatic rings. The summed E-state index contributed by atoms with van der Waals surface area (Å²) in [5, 5.41) is 12.0. The molecule has 3 N–H and O–H groups in total. The summed E-state index contributed by atoms with van der Waals surface area (Å²) in [4.78, 5) is 16.1. The number of fused-ring (bicyclic) bond motifs is 2. The van der Waals surface area contributed by atoms with Gasteiger partial charge in [-0.25, -0.2) is 4.79 Å². The number of H-pyrrole nitrogens is 1. The van der Waals surface area contributed by atoms with Gasteiger partial charge in [0.25, 0.3) is 0 Å². The largest absolute Gasteiger partial charge is 0.348 e. The fourth-order valence-corrected chi connectivity index (χ4v) is 5.58. The Bertz CT molecular complexity index is 1630. The molecule has 0 saturated heterocycles. The van der Waals surface area contributed by atoms with E-state index in [1.54, 1.807) is 4.57 Å². The van der Waals surface area contributed by atoms with Gasteiger partial charge in [-0.05, 0) is 37.8 Å². The van der Waals surface area contributed by atoms with Crippen LogP contribution in [-0.4, -0.2) is 24.7 Å². The van der Waals surface area contributed by atoms with Crippen molar-refractivity contribution in [2.75, 3.05) is 0 Å². The third-order valence-corrected chi connectivity index (χ3v) is 7.25. The summed E-state index contributed by atoms with van der Waals surface area (Å²) in [6, 6.07) is 19.1. The van der Waals surface area contributed by atoms with Crippen molar-refractivity contribution in [3.05, 3.63) is 77.1 Å². The highest BCUT2D eigenvalue weighted by molar-refractivity contribution is 5.98. The van der Waals surface area contributed by atoms with Crippen molar-refractivity contribution in [2.24, 2.45) is 12.8 Å². The Morgan fingerprint density at radius 1 is 0.971 bits per heavy atom. The molecule has 6 rings (SSSR count). The average molecular weight is 451 g/mol. The number of nitrogens with one attached hydrogen (secondary N) is 1. The molecule has 3 heterocycles. The van der Waals surface area contributed by atoms with Crippen molar-refractivity contribution < 1.29 is 0 Å². The lowest BCUT2D eigenvalue weighted by atomic mass is 9.91. The van der Waals surface area contributed by atoms with Gasteiger partial charge in [-0.15, -0.1) is 0 Å². The highest BCUT2D eigenvalue weighted by Crippen LogP contribution is 2.38. The quantitative estimate of drug-likeness (QED) is 0.421. The van der Waals surface area contributed by atoms with Gasteiger partial charge in [-0.1, -0.05) is 36.4 Å². The number of nitriles is 1. The summed E-state index contributed by atoms with van der Waals surface area (Å²) in [7, 11) is 1.97. The lowest BCUT2D eigenvalue weighted by Crippen LogP contribution is -2.27. The molecule has 34 heavy (non-hydrogen) atoms.